The molecule has 5 nitrogen and oxygen atoms in total. The van der Waals surface area contributed by atoms with E-state index in [4.69, 9.17) is 0 Å². The van der Waals surface area contributed by atoms with Gasteiger partial charge in [-0.25, -0.2) is 4.98 Å². The van der Waals surface area contributed by atoms with Gasteiger partial charge in [0.15, 0.2) is 0 Å². The van der Waals surface area contributed by atoms with Crippen LogP contribution < -0.4 is 0 Å². The van der Waals surface area contributed by atoms with Crippen molar-refractivity contribution in [2.75, 3.05) is 13.1 Å². The van der Waals surface area contributed by atoms with Crippen molar-refractivity contribution < 1.29 is 14.7 Å². The van der Waals surface area contributed by atoms with Crippen LogP contribution in [0.4, 0.5) is 0 Å². The van der Waals surface area contributed by atoms with Gasteiger partial charge < -0.3 is 10.0 Å². The van der Waals surface area contributed by atoms with E-state index < -0.39 is 11.4 Å². The van der Waals surface area contributed by atoms with Crippen molar-refractivity contribution >= 4 is 23.2 Å². The summed E-state index contributed by atoms with van der Waals surface area (Å²) in [4.78, 5) is 30.1. The summed E-state index contributed by atoms with van der Waals surface area (Å²) in [5.74, 6) is -0.968. The van der Waals surface area contributed by atoms with Gasteiger partial charge >= 0.3 is 5.97 Å². The zero-order valence-corrected chi connectivity index (χ0v) is 13.9. The molecule has 0 unspecified atom stereocenters. The Kier molecular flexibility index (Phi) is 3.93. The van der Waals surface area contributed by atoms with Crippen LogP contribution in [0.3, 0.4) is 0 Å². The number of carboxylic acid groups (broad SMARTS) is 1. The van der Waals surface area contributed by atoms with Crippen molar-refractivity contribution in [1.29, 1.82) is 0 Å². The van der Waals surface area contributed by atoms with Crippen LogP contribution in [0.15, 0.2) is 29.6 Å². The van der Waals surface area contributed by atoms with E-state index in [9.17, 15) is 14.7 Å². The molecule has 1 atom stereocenters. The summed E-state index contributed by atoms with van der Waals surface area (Å²) in [7, 11) is 0. The Balaban J connectivity index is 1.82. The molecular weight excluding hydrogens is 312 g/mol. The molecule has 6 heteroatoms. The topological polar surface area (TPSA) is 70.5 Å². The molecule has 3 rings (SSSR count). The van der Waals surface area contributed by atoms with Crippen LogP contribution in [0.25, 0.3) is 10.6 Å². The predicted molar refractivity (Wildman–Crippen MR) is 88.6 cm³/mol. The van der Waals surface area contributed by atoms with E-state index in [2.05, 4.69) is 4.98 Å². The fourth-order valence-corrected chi connectivity index (χ4v) is 3.56. The molecule has 0 saturated carbocycles. The Labute approximate surface area is 138 Å². The van der Waals surface area contributed by atoms with E-state index in [1.54, 1.807) is 29.2 Å². The Morgan fingerprint density at radius 3 is 2.78 bits per heavy atom. The van der Waals surface area contributed by atoms with Gasteiger partial charge in [0.05, 0.1) is 5.41 Å². The minimum absolute atomic E-state index is 0.120. The molecule has 23 heavy (non-hydrogen) atoms. The highest BCUT2D eigenvalue weighted by Gasteiger charge is 2.42. The number of rotatable bonds is 3. The van der Waals surface area contributed by atoms with Crippen LogP contribution in [0.5, 0.6) is 0 Å². The number of amides is 1. The monoisotopic (exact) mass is 330 g/mol. The zero-order valence-electron chi connectivity index (χ0n) is 13.1. The number of aliphatic carboxylic acids is 1. The van der Waals surface area contributed by atoms with Gasteiger partial charge in [0, 0.05) is 35.3 Å². The molecule has 1 saturated heterocycles. The normalized spacial score (nSPS) is 20.7. The molecule has 2 heterocycles. The zero-order chi connectivity index (χ0) is 16.6. The van der Waals surface area contributed by atoms with Crippen molar-refractivity contribution in [3.05, 3.63) is 40.9 Å². The molecule has 1 N–H and O–H groups in total. The number of likely N-dealkylation sites (tertiary alicyclic amines) is 1. The molecule has 2 aromatic rings. The van der Waals surface area contributed by atoms with Gasteiger partial charge in [-0.05, 0) is 32.4 Å². The van der Waals surface area contributed by atoms with Crippen LogP contribution in [-0.4, -0.2) is 40.0 Å². The maximum atomic E-state index is 12.7. The Bertz CT molecular complexity index is 771. The number of nitrogens with zero attached hydrogens (tertiary/aromatic N) is 2. The van der Waals surface area contributed by atoms with Crippen LogP contribution in [0.1, 0.15) is 29.4 Å². The molecule has 1 amide bonds. The van der Waals surface area contributed by atoms with Crippen LogP contribution in [0.2, 0.25) is 0 Å². The van der Waals surface area contributed by atoms with Crippen molar-refractivity contribution in [3.8, 4) is 10.6 Å². The van der Waals surface area contributed by atoms with E-state index in [-0.39, 0.29) is 12.5 Å². The highest BCUT2D eigenvalue weighted by atomic mass is 32.1. The first-order valence-electron chi connectivity index (χ1n) is 7.44. The highest BCUT2D eigenvalue weighted by molar-refractivity contribution is 7.13. The van der Waals surface area contributed by atoms with Gasteiger partial charge in [0.2, 0.25) is 0 Å². The van der Waals surface area contributed by atoms with Gasteiger partial charge in [-0.2, -0.15) is 0 Å². The molecule has 0 bridgehead atoms. The molecule has 0 spiro atoms. The number of aryl methyl sites for hydroxylation is 1. The summed E-state index contributed by atoms with van der Waals surface area (Å²) >= 11 is 1.55. The van der Waals surface area contributed by atoms with E-state index in [1.165, 1.54) is 0 Å². The number of aromatic nitrogens is 1. The third kappa shape index (κ3) is 2.99. The van der Waals surface area contributed by atoms with E-state index in [1.807, 2.05) is 30.5 Å². The summed E-state index contributed by atoms with van der Waals surface area (Å²) in [5.41, 5.74) is 1.59. The minimum Gasteiger partial charge on any atom is -0.481 e. The summed E-state index contributed by atoms with van der Waals surface area (Å²) in [6, 6.07) is 7.37. The molecule has 1 aliphatic rings. The third-order valence-electron chi connectivity index (χ3n) is 4.25. The number of hydrogen-bond donors (Lipinski definition) is 1. The van der Waals surface area contributed by atoms with Crippen molar-refractivity contribution in [3.63, 3.8) is 0 Å². The van der Waals surface area contributed by atoms with Gasteiger partial charge in [0.1, 0.15) is 5.01 Å². The number of hydrogen-bond acceptors (Lipinski definition) is 4. The van der Waals surface area contributed by atoms with Crippen LogP contribution in [-0.2, 0) is 4.79 Å². The summed E-state index contributed by atoms with van der Waals surface area (Å²) in [5, 5.41) is 12.2. The van der Waals surface area contributed by atoms with Crippen molar-refractivity contribution in [2.24, 2.45) is 5.41 Å². The second kappa shape index (κ2) is 5.77. The highest BCUT2D eigenvalue weighted by Crippen LogP contribution is 2.31. The van der Waals surface area contributed by atoms with E-state index >= 15 is 0 Å². The molecule has 1 aromatic heterocycles. The Hall–Kier alpha value is -2.21. The SMILES string of the molecule is Cc1csc(-c2cccc(C(=O)N3CC[C@@](C)(C(=O)O)C3)c2)n1. The molecule has 1 aliphatic heterocycles. The third-order valence-corrected chi connectivity index (χ3v) is 5.26. The molecule has 0 radical (unpaired) electrons. The maximum absolute atomic E-state index is 12.7. The first-order chi connectivity index (χ1) is 10.9. The largest absolute Gasteiger partial charge is 0.481 e. The average Bonchev–Trinajstić information content (AvgIpc) is 3.14. The average molecular weight is 330 g/mol. The molecular formula is C17H18N2O3S. The van der Waals surface area contributed by atoms with Gasteiger partial charge in [0.25, 0.3) is 5.91 Å². The van der Waals surface area contributed by atoms with Crippen molar-refractivity contribution in [1.82, 2.24) is 9.88 Å². The lowest BCUT2D eigenvalue weighted by molar-refractivity contribution is -0.147. The maximum Gasteiger partial charge on any atom is 0.311 e. The standard InChI is InChI=1S/C17H18N2O3S/c1-11-9-23-14(18-11)12-4-3-5-13(8-12)15(20)19-7-6-17(2,10-19)16(21)22/h3-5,8-9H,6-7,10H2,1-2H3,(H,21,22)/t17-/m1/s1. The molecule has 1 aromatic carbocycles. The minimum atomic E-state index is -0.848. The smallest absolute Gasteiger partial charge is 0.311 e. The molecule has 120 valence electrons. The van der Waals surface area contributed by atoms with Gasteiger partial charge in [-0.15, -0.1) is 11.3 Å². The fourth-order valence-electron chi connectivity index (χ4n) is 2.76. The molecule has 1 fully saturated rings. The van der Waals surface area contributed by atoms with Crippen LogP contribution >= 0.6 is 11.3 Å². The second-order valence-electron chi connectivity index (χ2n) is 6.22. The lowest BCUT2D eigenvalue weighted by Gasteiger charge is -2.20. The lowest BCUT2D eigenvalue weighted by atomic mass is 9.90. The first-order valence-corrected chi connectivity index (χ1v) is 8.32. The number of thiazole rings is 1. The van der Waals surface area contributed by atoms with Crippen molar-refractivity contribution in [2.45, 2.75) is 20.3 Å². The quantitative estimate of drug-likeness (QED) is 0.939. The van der Waals surface area contributed by atoms with E-state index in [0.29, 0.717) is 18.5 Å². The second-order valence-corrected chi connectivity index (χ2v) is 7.08. The summed E-state index contributed by atoms with van der Waals surface area (Å²) < 4.78 is 0. The summed E-state index contributed by atoms with van der Waals surface area (Å²) in [6.07, 6.45) is 0.486. The van der Waals surface area contributed by atoms with Crippen LogP contribution in [0, 0.1) is 12.3 Å². The Morgan fingerprint density at radius 1 is 1.39 bits per heavy atom. The lowest BCUT2D eigenvalue weighted by Crippen LogP contribution is -2.34. The number of carbonyl (C=O) groups excluding carboxylic acids is 1. The van der Waals surface area contributed by atoms with Gasteiger partial charge in [-0.3, -0.25) is 9.59 Å². The Morgan fingerprint density at radius 2 is 2.17 bits per heavy atom. The molecule has 0 aliphatic carbocycles. The fraction of sp³-hybridized carbons (Fsp3) is 0.353. The first kappa shape index (κ1) is 15.7. The number of carboxylic acids is 1. The van der Waals surface area contributed by atoms with Gasteiger partial charge in [-0.1, -0.05) is 12.1 Å². The number of carbonyl (C=O) groups is 2. The number of benzene rings is 1. The predicted octanol–water partition coefficient (Wildman–Crippen LogP) is 3.06. The summed E-state index contributed by atoms with van der Waals surface area (Å²) in [6.45, 7) is 4.35. The van der Waals surface area contributed by atoms with E-state index in [0.717, 1.165) is 16.3 Å².